The van der Waals surface area contributed by atoms with Crippen molar-refractivity contribution in [3.63, 3.8) is 0 Å². The fourth-order valence-electron chi connectivity index (χ4n) is 2.54. The average molecular weight is 381 g/mol. The minimum Gasteiger partial charge on any atom is -0.493 e. The molecule has 27 heavy (non-hydrogen) atoms. The highest BCUT2D eigenvalue weighted by molar-refractivity contribution is 7.09. The Labute approximate surface area is 164 Å². The van der Waals surface area contributed by atoms with E-state index in [0.29, 0.717) is 24.6 Å². The van der Waals surface area contributed by atoms with E-state index in [2.05, 4.69) is 36.3 Å². The topological polar surface area (TPSA) is 51.2 Å². The van der Waals surface area contributed by atoms with E-state index in [0.717, 1.165) is 22.9 Å². The third-order valence-electron chi connectivity index (χ3n) is 3.91. The third kappa shape index (κ3) is 5.93. The van der Waals surface area contributed by atoms with Crippen LogP contribution >= 0.6 is 11.3 Å². The van der Waals surface area contributed by atoms with Gasteiger partial charge in [0.15, 0.2) is 0 Å². The fourth-order valence-corrected chi connectivity index (χ4v) is 3.37. The normalized spacial score (nSPS) is 10.8. The average Bonchev–Trinajstić information content (AvgIpc) is 3.13. The van der Waals surface area contributed by atoms with Crippen molar-refractivity contribution in [2.24, 2.45) is 5.92 Å². The molecular formula is C22H24N2O2S. The molecule has 1 N–H and O–H groups in total. The van der Waals surface area contributed by atoms with Gasteiger partial charge in [0.05, 0.1) is 23.9 Å². The van der Waals surface area contributed by atoms with Gasteiger partial charge in [-0.05, 0) is 29.7 Å². The number of ether oxygens (including phenoxy) is 1. The molecule has 140 valence electrons. The summed E-state index contributed by atoms with van der Waals surface area (Å²) in [7, 11) is 0. The lowest BCUT2D eigenvalue weighted by Crippen LogP contribution is -2.23. The van der Waals surface area contributed by atoms with Crippen LogP contribution in [0.5, 0.6) is 5.75 Å². The number of thiazole rings is 1. The number of hydrogen-bond acceptors (Lipinski definition) is 4. The molecule has 3 rings (SSSR count). The second-order valence-electron chi connectivity index (χ2n) is 6.81. The summed E-state index contributed by atoms with van der Waals surface area (Å²) >= 11 is 1.62. The summed E-state index contributed by atoms with van der Waals surface area (Å²) in [6.45, 7) is 5.24. The van der Waals surface area contributed by atoms with Gasteiger partial charge in [0, 0.05) is 17.4 Å². The van der Waals surface area contributed by atoms with Crippen molar-refractivity contribution in [1.29, 1.82) is 0 Å². The first kappa shape index (κ1) is 19.1. The summed E-state index contributed by atoms with van der Waals surface area (Å²) in [6, 6.07) is 17.5. The Kier molecular flexibility index (Phi) is 6.60. The third-order valence-corrected chi connectivity index (χ3v) is 4.80. The Bertz CT molecular complexity index is 875. The smallest absolute Gasteiger partial charge is 0.251 e. The molecule has 0 aliphatic heterocycles. The number of aromatic nitrogens is 1. The van der Waals surface area contributed by atoms with E-state index < -0.39 is 0 Å². The van der Waals surface area contributed by atoms with Gasteiger partial charge in [-0.2, -0.15) is 0 Å². The predicted octanol–water partition coefficient (Wildman–Crippen LogP) is 4.70. The minimum absolute atomic E-state index is 0.123. The van der Waals surface area contributed by atoms with Gasteiger partial charge in [0.25, 0.3) is 5.91 Å². The predicted molar refractivity (Wildman–Crippen MR) is 109 cm³/mol. The summed E-state index contributed by atoms with van der Waals surface area (Å²) in [5, 5.41) is 5.99. The molecule has 0 saturated carbocycles. The highest BCUT2D eigenvalue weighted by Gasteiger charge is 2.09. The van der Waals surface area contributed by atoms with Crippen LogP contribution in [-0.2, 0) is 13.0 Å². The number of amides is 1. The maximum absolute atomic E-state index is 12.4. The highest BCUT2D eigenvalue weighted by atomic mass is 32.1. The quantitative estimate of drug-likeness (QED) is 0.616. The van der Waals surface area contributed by atoms with Gasteiger partial charge in [-0.1, -0.05) is 50.2 Å². The largest absolute Gasteiger partial charge is 0.493 e. The number of nitrogens with one attached hydrogen (secondary N) is 1. The van der Waals surface area contributed by atoms with Crippen LogP contribution in [0.25, 0.3) is 0 Å². The zero-order valence-electron chi connectivity index (χ0n) is 15.6. The van der Waals surface area contributed by atoms with Crippen molar-refractivity contribution in [2.45, 2.75) is 26.8 Å². The molecular weight excluding hydrogens is 356 g/mol. The molecule has 0 unspecified atom stereocenters. The van der Waals surface area contributed by atoms with Crippen molar-refractivity contribution in [2.75, 3.05) is 6.61 Å². The van der Waals surface area contributed by atoms with Crippen LogP contribution in [0, 0.1) is 5.92 Å². The standard InChI is InChI=1S/C22H24N2O2S/c1-16(2)14-26-20-10-6-9-18(12-20)22(25)23-13-19-15-27-21(24-19)11-17-7-4-3-5-8-17/h3-10,12,15-16H,11,13-14H2,1-2H3,(H,23,25). The van der Waals surface area contributed by atoms with Crippen molar-refractivity contribution in [1.82, 2.24) is 10.3 Å². The molecule has 0 bridgehead atoms. The van der Waals surface area contributed by atoms with Crippen LogP contribution in [0.2, 0.25) is 0 Å². The second kappa shape index (κ2) is 9.33. The first-order chi connectivity index (χ1) is 13.1. The maximum atomic E-state index is 12.4. The lowest BCUT2D eigenvalue weighted by molar-refractivity contribution is 0.0950. The van der Waals surface area contributed by atoms with Gasteiger partial charge in [-0.15, -0.1) is 11.3 Å². The molecule has 1 heterocycles. The van der Waals surface area contributed by atoms with Gasteiger partial charge in [0.1, 0.15) is 5.75 Å². The first-order valence-electron chi connectivity index (χ1n) is 9.08. The van der Waals surface area contributed by atoms with E-state index in [-0.39, 0.29) is 5.91 Å². The summed E-state index contributed by atoms with van der Waals surface area (Å²) in [5.74, 6) is 1.04. The highest BCUT2D eigenvalue weighted by Crippen LogP contribution is 2.16. The zero-order valence-corrected chi connectivity index (χ0v) is 16.5. The van der Waals surface area contributed by atoms with Crippen LogP contribution in [0.3, 0.4) is 0 Å². The van der Waals surface area contributed by atoms with E-state index in [9.17, 15) is 4.79 Å². The molecule has 2 aromatic carbocycles. The molecule has 0 saturated heterocycles. The SMILES string of the molecule is CC(C)COc1cccc(C(=O)NCc2csc(Cc3ccccc3)n2)c1. The van der Waals surface area contributed by atoms with Crippen molar-refractivity contribution < 1.29 is 9.53 Å². The number of carbonyl (C=O) groups excluding carboxylic acids is 1. The Hall–Kier alpha value is -2.66. The molecule has 0 atom stereocenters. The minimum atomic E-state index is -0.123. The summed E-state index contributed by atoms with van der Waals surface area (Å²) in [4.78, 5) is 17.0. The lowest BCUT2D eigenvalue weighted by atomic mass is 10.2. The molecule has 0 fully saturated rings. The molecule has 5 heteroatoms. The zero-order chi connectivity index (χ0) is 19.1. The van der Waals surface area contributed by atoms with E-state index in [4.69, 9.17) is 4.74 Å². The molecule has 4 nitrogen and oxygen atoms in total. The van der Waals surface area contributed by atoms with Crippen LogP contribution < -0.4 is 10.1 Å². The molecule has 0 aliphatic carbocycles. The van der Waals surface area contributed by atoms with Crippen LogP contribution in [0.15, 0.2) is 60.0 Å². The maximum Gasteiger partial charge on any atom is 0.251 e. The second-order valence-corrected chi connectivity index (χ2v) is 7.75. The molecule has 0 aliphatic rings. The van der Waals surface area contributed by atoms with E-state index in [1.165, 1.54) is 5.56 Å². The molecule has 0 radical (unpaired) electrons. The van der Waals surface area contributed by atoms with Gasteiger partial charge >= 0.3 is 0 Å². The number of rotatable bonds is 8. The molecule has 1 amide bonds. The Morgan fingerprint density at radius 2 is 1.96 bits per heavy atom. The number of benzene rings is 2. The molecule has 1 aromatic heterocycles. The Morgan fingerprint density at radius 3 is 2.74 bits per heavy atom. The van der Waals surface area contributed by atoms with Gasteiger partial charge in [-0.25, -0.2) is 4.98 Å². The molecule has 0 spiro atoms. The van der Waals surface area contributed by atoms with Gasteiger partial charge < -0.3 is 10.1 Å². The van der Waals surface area contributed by atoms with E-state index in [1.54, 1.807) is 23.5 Å². The van der Waals surface area contributed by atoms with Crippen LogP contribution in [-0.4, -0.2) is 17.5 Å². The van der Waals surface area contributed by atoms with E-state index in [1.807, 2.05) is 35.7 Å². The van der Waals surface area contributed by atoms with Crippen molar-refractivity contribution in [3.05, 3.63) is 81.8 Å². The summed E-state index contributed by atoms with van der Waals surface area (Å²) in [6.07, 6.45) is 0.814. The summed E-state index contributed by atoms with van der Waals surface area (Å²) in [5.41, 5.74) is 2.71. The molecule has 3 aromatic rings. The van der Waals surface area contributed by atoms with Gasteiger partial charge in [-0.3, -0.25) is 4.79 Å². The Balaban J connectivity index is 1.54. The fraction of sp³-hybridized carbons (Fsp3) is 0.273. The number of nitrogens with zero attached hydrogens (tertiary/aromatic N) is 1. The van der Waals surface area contributed by atoms with Crippen LogP contribution in [0.1, 0.15) is 40.5 Å². The lowest BCUT2D eigenvalue weighted by Gasteiger charge is -2.10. The monoisotopic (exact) mass is 380 g/mol. The Morgan fingerprint density at radius 1 is 1.15 bits per heavy atom. The van der Waals surface area contributed by atoms with E-state index >= 15 is 0 Å². The number of hydrogen-bond donors (Lipinski definition) is 1. The summed E-state index contributed by atoms with van der Waals surface area (Å²) < 4.78 is 5.69. The number of carbonyl (C=O) groups is 1. The van der Waals surface area contributed by atoms with Crippen molar-refractivity contribution in [3.8, 4) is 5.75 Å². The van der Waals surface area contributed by atoms with Gasteiger partial charge in [0.2, 0.25) is 0 Å². The van der Waals surface area contributed by atoms with Crippen molar-refractivity contribution >= 4 is 17.2 Å². The first-order valence-corrected chi connectivity index (χ1v) is 9.96. The van der Waals surface area contributed by atoms with Crippen LogP contribution in [0.4, 0.5) is 0 Å².